The van der Waals surface area contributed by atoms with Crippen molar-refractivity contribution in [2.75, 3.05) is 44.4 Å². The normalized spacial score (nSPS) is 14.4. The molecule has 1 aromatic heterocycles. The van der Waals surface area contributed by atoms with Gasteiger partial charge in [-0.25, -0.2) is 4.98 Å². The van der Waals surface area contributed by atoms with Gasteiger partial charge in [-0.2, -0.15) is 0 Å². The van der Waals surface area contributed by atoms with Crippen molar-refractivity contribution in [2.45, 2.75) is 4.90 Å². The number of rotatable bonds is 4. The maximum atomic E-state index is 13.3. The molecule has 0 aliphatic carbocycles. The minimum Gasteiger partial charge on any atom is -0.496 e. The van der Waals surface area contributed by atoms with Crippen molar-refractivity contribution in [3.05, 3.63) is 60.2 Å². The summed E-state index contributed by atoms with van der Waals surface area (Å²) in [6, 6.07) is 18.3. The number of aromatic nitrogens is 1. The Morgan fingerprint density at radius 1 is 1.03 bits per heavy atom. The van der Waals surface area contributed by atoms with E-state index in [4.69, 9.17) is 9.72 Å². The van der Waals surface area contributed by atoms with E-state index in [0.717, 1.165) is 34.5 Å². The summed E-state index contributed by atoms with van der Waals surface area (Å²) in [6.45, 7) is 2.88. The number of piperazine rings is 1. The quantitative estimate of drug-likeness (QED) is 0.404. The van der Waals surface area contributed by atoms with E-state index in [2.05, 4.69) is 29.4 Å². The van der Waals surface area contributed by atoms with Gasteiger partial charge in [0.2, 0.25) is 0 Å². The van der Waals surface area contributed by atoms with E-state index in [0.29, 0.717) is 24.4 Å². The molecule has 4 aromatic rings. The molecule has 1 aliphatic heterocycles. The lowest BCUT2D eigenvalue weighted by atomic mass is 10.0. The number of ether oxygens (including phenoxy) is 1. The van der Waals surface area contributed by atoms with Crippen molar-refractivity contribution < 1.29 is 9.53 Å². The molecule has 0 bridgehead atoms. The molecule has 1 saturated heterocycles. The number of fused-ring (bicyclic) bond motifs is 2. The lowest BCUT2D eigenvalue weighted by Crippen LogP contribution is -2.48. The zero-order chi connectivity index (χ0) is 21.4. The molecule has 5 nitrogen and oxygen atoms in total. The first-order chi connectivity index (χ1) is 15.2. The highest BCUT2D eigenvalue weighted by molar-refractivity contribution is 7.98. The van der Waals surface area contributed by atoms with Gasteiger partial charge in [0.15, 0.2) is 5.13 Å². The zero-order valence-corrected chi connectivity index (χ0v) is 19.1. The molecule has 5 rings (SSSR count). The van der Waals surface area contributed by atoms with Gasteiger partial charge in [-0.05, 0) is 47.4 Å². The predicted octanol–water partition coefficient (Wildman–Crippen LogP) is 5.14. The number of thioether (sulfide) groups is 1. The van der Waals surface area contributed by atoms with Gasteiger partial charge in [0.05, 0.1) is 22.9 Å². The van der Waals surface area contributed by atoms with Crippen LogP contribution in [0.3, 0.4) is 0 Å². The molecule has 1 fully saturated rings. The number of benzene rings is 3. The van der Waals surface area contributed by atoms with Crippen LogP contribution in [-0.4, -0.2) is 55.3 Å². The molecule has 0 spiro atoms. The SMILES string of the molecule is COc1cc2ccccc2cc1C(=O)N1CCN(c2nc3ccc(SC)cc3s2)CC1. The lowest BCUT2D eigenvalue weighted by molar-refractivity contribution is 0.0743. The Morgan fingerprint density at radius 3 is 2.48 bits per heavy atom. The average molecular weight is 450 g/mol. The van der Waals surface area contributed by atoms with Crippen molar-refractivity contribution in [3.63, 3.8) is 0 Å². The summed E-state index contributed by atoms with van der Waals surface area (Å²) < 4.78 is 6.75. The number of nitrogens with zero attached hydrogens (tertiary/aromatic N) is 3. The van der Waals surface area contributed by atoms with Crippen molar-refractivity contribution in [1.82, 2.24) is 9.88 Å². The van der Waals surface area contributed by atoms with Crippen molar-refractivity contribution in [3.8, 4) is 5.75 Å². The number of thiazole rings is 1. The van der Waals surface area contributed by atoms with Crippen LogP contribution < -0.4 is 9.64 Å². The van der Waals surface area contributed by atoms with E-state index in [1.165, 1.54) is 9.60 Å². The van der Waals surface area contributed by atoms with Crippen LogP contribution in [0, 0.1) is 0 Å². The van der Waals surface area contributed by atoms with Crippen LogP contribution >= 0.6 is 23.1 Å². The highest BCUT2D eigenvalue weighted by atomic mass is 32.2. The highest BCUT2D eigenvalue weighted by Crippen LogP contribution is 2.32. The molecule has 0 N–H and O–H groups in total. The summed E-state index contributed by atoms with van der Waals surface area (Å²) in [7, 11) is 1.62. The Morgan fingerprint density at radius 2 is 1.77 bits per heavy atom. The second-order valence-electron chi connectivity index (χ2n) is 7.51. The summed E-state index contributed by atoms with van der Waals surface area (Å²) in [6.07, 6.45) is 2.09. The summed E-state index contributed by atoms with van der Waals surface area (Å²) in [4.78, 5) is 23.6. The van der Waals surface area contributed by atoms with Gasteiger partial charge in [-0.3, -0.25) is 4.79 Å². The molecule has 1 amide bonds. The minimum absolute atomic E-state index is 0.0242. The highest BCUT2D eigenvalue weighted by Gasteiger charge is 2.26. The van der Waals surface area contributed by atoms with Gasteiger partial charge in [0.25, 0.3) is 5.91 Å². The fourth-order valence-electron chi connectivity index (χ4n) is 3.98. The Kier molecular flexibility index (Phi) is 5.46. The van der Waals surface area contributed by atoms with Crippen molar-refractivity contribution in [2.24, 2.45) is 0 Å². The van der Waals surface area contributed by atoms with Crippen molar-refractivity contribution >= 4 is 55.1 Å². The predicted molar refractivity (Wildman–Crippen MR) is 130 cm³/mol. The summed E-state index contributed by atoms with van der Waals surface area (Å²) in [5.41, 5.74) is 1.66. The van der Waals surface area contributed by atoms with Gasteiger partial charge in [0, 0.05) is 31.1 Å². The first-order valence-electron chi connectivity index (χ1n) is 10.2. The van der Waals surface area contributed by atoms with Crippen LogP contribution in [0.5, 0.6) is 5.75 Å². The monoisotopic (exact) mass is 449 g/mol. The first kappa shape index (κ1) is 20.2. The second-order valence-corrected chi connectivity index (χ2v) is 9.40. The lowest BCUT2D eigenvalue weighted by Gasteiger charge is -2.34. The standard InChI is InChI=1S/C24H23N3O2S2/c1-29-21-14-17-6-4-3-5-16(17)13-19(21)23(28)26-9-11-27(12-10-26)24-25-20-8-7-18(30-2)15-22(20)31-24/h3-8,13-15H,9-12H2,1-2H3. The minimum atomic E-state index is 0.0242. The third-order valence-corrected chi connectivity index (χ3v) is 7.52. The Labute approximate surface area is 189 Å². The van der Waals surface area contributed by atoms with Crippen LogP contribution in [0.25, 0.3) is 21.0 Å². The largest absolute Gasteiger partial charge is 0.496 e. The van der Waals surface area contributed by atoms with Crippen LogP contribution in [0.2, 0.25) is 0 Å². The van der Waals surface area contributed by atoms with E-state index >= 15 is 0 Å². The van der Waals surface area contributed by atoms with Gasteiger partial charge in [-0.15, -0.1) is 11.8 Å². The van der Waals surface area contributed by atoms with Gasteiger partial charge < -0.3 is 14.5 Å². The Hall–Kier alpha value is -2.77. The van der Waals surface area contributed by atoms with Crippen LogP contribution in [0.1, 0.15) is 10.4 Å². The molecule has 7 heteroatoms. The molecular weight excluding hydrogens is 426 g/mol. The molecule has 0 radical (unpaired) electrons. The van der Waals surface area contributed by atoms with Gasteiger partial charge >= 0.3 is 0 Å². The maximum absolute atomic E-state index is 13.3. The van der Waals surface area contributed by atoms with E-state index < -0.39 is 0 Å². The van der Waals surface area contributed by atoms with Gasteiger partial charge in [-0.1, -0.05) is 35.6 Å². The molecule has 0 saturated carbocycles. The fourth-order valence-corrected chi connectivity index (χ4v) is 5.55. The number of hydrogen-bond donors (Lipinski definition) is 0. The molecule has 0 atom stereocenters. The topological polar surface area (TPSA) is 45.7 Å². The molecule has 0 unspecified atom stereocenters. The summed E-state index contributed by atoms with van der Waals surface area (Å²) in [5.74, 6) is 0.651. The number of amides is 1. The summed E-state index contributed by atoms with van der Waals surface area (Å²) >= 11 is 3.47. The third kappa shape index (κ3) is 3.83. The molecule has 1 aliphatic rings. The zero-order valence-electron chi connectivity index (χ0n) is 17.5. The van der Waals surface area contributed by atoms with E-state index in [1.807, 2.05) is 41.3 Å². The number of anilines is 1. The first-order valence-corrected chi connectivity index (χ1v) is 12.3. The molecular formula is C24H23N3O2S2. The fraction of sp³-hybridized carbons (Fsp3) is 0.250. The van der Waals surface area contributed by atoms with E-state index in [1.54, 1.807) is 30.2 Å². The smallest absolute Gasteiger partial charge is 0.257 e. The Balaban J connectivity index is 1.33. The number of carbonyl (C=O) groups is 1. The number of hydrogen-bond acceptors (Lipinski definition) is 6. The maximum Gasteiger partial charge on any atom is 0.257 e. The number of carbonyl (C=O) groups excluding carboxylic acids is 1. The van der Waals surface area contributed by atoms with E-state index in [9.17, 15) is 4.79 Å². The molecule has 31 heavy (non-hydrogen) atoms. The summed E-state index contributed by atoms with van der Waals surface area (Å²) in [5, 5.41) is 3.15. The van der Waals surface area contributed by atoms with Crippen molar-refractivity contribution in [1.29, 1.82) is 0 Å². The molecule has 158 valence electrons. The second kappa shape index (κ2) is 8.40. The number of methoxy groups -OCH3 is 1. The van der Waals surface area contributed by atoms with Crippen LogP contribution in [0.4, 0.5) is 5.13 Å². The Bertz CT molecular complexity index is 1260. The third-order valence-electron chi connectivity index (χ3n) is 5.72. The molecule has 2 heterocycles. The van der Waals surface area contributed by atoms with Crippen LogP contribution in [-0.2, 0) is 0 Å². The molecule has 3 aromatic carbocycles. The van der Waals surface area contributed by atoms with E-state index in [-0.39, 0.29) is 5.91 Å². The van der Waals surface area contributed by atoms with Crippen LogP contribution in [0.15, 0.2) is 59.5 Å². The van der Waals surface area contributed by atoms with Gasteiger partial charge in [0.1, 0.15) is 5.75 Å². The average Bonchev–Trinajstić information content (AvgIpc) is 3.26.